The molecule has 1 heterocycles. The van der Waals surface area contributed by atoms with E-state index in [4.69, 9.17) is 0 Å². The molecule has 1 unspecified atom stereocenters. The van der Waals surface area contributed by atoms with Crippen LogP contribution in [0.4, 0.5) is 0 Å². The monoisotopic (exact) mass is 266 g/mol. The van der Waals surface area contributed by atoms with E-state index < -0.39 is 16.2 Å². The Kier molecular flexibility index (Phi) is 3.91. The maximum absolute atomic E-state index is 12.2. The van der Waals surface area contributed by atoms with Gasteiger partial charge in [-0.3, -0.25) is 0 Å². The molecule has 0 saturated carbocycles. The predicted octanol–water partition coefficient (Wildman–Crippen LogP) is 1.27. The van der Waals surface area contributed by atoms with Crippen LogP contribution in [0.25, 0.3) is 0 Å². The molecule has 1 aromatic rings. The lowest BCUT2D eigenvalue weighted by atomic mass is 10.2. The van der Waals surface area contributed by atoms with Crippen LogP contribution in [0, 0.1) is 0 Å². The predicted molar refractivity (Wildman–Crippen MR) is 66.9 cm³/mol. The van der Waals surface area contributed by atoms with Crippen molar-refractivity contribution < 1.29 is 13.2 Å². The van der Waals surface area contributed by atoms with Crippen molar-refractivity contribution in [1.82, 2.24) is 4.31 Å². The zero-order chi connectivity index (χ0) is 13.0. The number of hydrogen-bond donors (Lipinski definition) is 0. The summed E-state index contributed by atoms with van der Waals surface area (Å²) in [6.07, 6.45) is 2.18. The van der Waals surface area contributed by atoms with Crippen LogP contribution in [0.3, 0.4) is 0 Å². The highest BCUT2D eigenvalue weighted by Crippen LogP contribution is 2.23. The minimum absolute atomic E-state index is 0.0568. The van der Waals surface area contributed by atoms with Crippen molar-refractivity contribution in [1.29, 1.82) is 0 Å². The van der Waals surface area contributed by atoms with Crippen LogP contribution in [-0.4, -0.2) is 31.5 Å². The molecule has 1 saturated heterocycles. The molecule has 0 aliphatic carbocycles. The van der Waals surface area contributed by atoms with Crippen molar-refractivity contribution in [3.63, 3.8) is 0 Å². The summed E-state index contributed by atoms with van der Waals surface area (Å²) in [4.78, 5) is 13.8. The number of aliphatic imine (C=N–C) groups is 1. The molecular weight excluding hydrogens is 252 g/mol. The molecule has 0 radical (unpaired) electrons. The third kappa shape index (κ3) is 2.85. The first-order chi connectivity index (χ1) is 8.63. The SMILES string of the molecule is O=C=NC1CCCN1S(=O)(=O)Cc1ccccc1. The lowest BCUT2D eigenvalue weighted by molar-refractivity contribution is 0.395. The van der Waals surface area contributed by atoms with Gasteiger partial charge in [0.15, 0.2) is 0 Å². The average molecular weight is 266 g/mol. The average Bonchev–Trinajstić information content (AvgIpc) is 2.79. The molecule has 5 nitrogen and oxygen atoms in total. The summed E-state index contributed by atoms with van der Waals surface area (Å²) in [5.74, 6) is -0.0568. The largest absolute Gasteiger partial charge is 0.236 e. The molecule has 18 heavy (non-hydrogen) atoms. The third-order valence-corrected chi connectivity index (χ3v) is 4.76. The van der Waals surface area contributed by atoms with Gasteiger partial charge in [0, 0.05) is 6.54 Å². The van der Waals surface area contributed by atoms with E-state index in [9.17, 15) is 13.2 Å². The van der Waals surface area contributed by atoms with Crippen LogP contribution in [-0.2, 0) is 20.6 Å². The first kappa shape index (κ1) is 13.0. The van der Waals surface area contributed by atoms with Gasteiger partial charge >= 0.3 is 0 Å². The zero-order valence-corrected chi connectivity index (χ0v) is 10.6. The van der Waals surface area contributed by atoms with Crippen LogP contribution >= 0.6 is 0 Å². The van der Waals surface area contributed by atoms with E-state index in [2.05, 4.69) is 4.99 Å². The Balaban J connectivity index is 2.18. The summed E-state index contributed by atoms with van der Waals surface area (Å²) in [6, 6.07) is 8.98. The van der Waals surface area contributed by atoms with E-state index in [-0.39, 0.29) is 5.75 Å². The molecule has 0 amide bonds. The molecule has 1 atom stereocenters. The summed E-state index contributed by atoms with van der Waals surface area (Å²) < 4.78 is 25.7. The van der Waals surface area contributed by atoms with E-state index >= 15 is 0 Å². The molecule has 96 valence electrons. The van der Waals surface area contributed by atoms with Crippen molar-refractivity contribution in [2.24, 2.45) is 4.99 Å². The van der Waals surface area contributed by atoms with E-state index in [0.29, 0.717) is 13.0 Å². The van der Waals surface area contributed by atoms with E-state index in [1.54, 1.807) is 24.3 Å². The lowest BCUT2D eigenvalue weighted by Gasteiger charge is -2.19. The fraction of sp³-hybridized carbons (Fsp3) is 0.417. The highest BCUT2D eigenvalue weighted by Gasteiger charge is 2.34. The van der Waals surface area contributed by atoms with Crippen molar-refractivity contribution in [2.75, 3.05) is 6.54 Å². The van der Waals surface area contributed by atoms with Gasteiger partial charge in [-0.1, -0.05) is 30.3 Å². The normalized spacial score (nSPS) is 20.6. The summed E-state index contributed by atoms with van der Waals surface area (Å²) in [5, 5.41) is 0. The maximum Gasteiger partial charge on any atom is 0.236 e. The second-order valence-electron chi connectivity index (χ2n) is 4.20. The van der Waals surface area contributed by atoms with E-state index in [0.717, 1.165) is 12.0 Å². The minimum Gasteiger partial charge on any atom is -0.212 e. The molecule has 6 heteroatoms. The van der Waals surface area contributed by atoms with Crippen molar-refractivity contribution in [3.05, 3.63) is 35.9 Å². The van der Waals surface area contributed by atoms with Crippen LogP contribution in [0.1, 0.15) is 18.4 Å². The van der Waals surface area contributed by atoms with Gasteiger partial charge in [-0.25, -0.2) is 13.2 Å². The number of benzene rings is 1. The van der Waals surface area contributed by atoms with Gasteiger partial charge in [0.05, 0.1) is 5.75 Å². The zero-order valence-electron chi connectivity index (χ0n) is 9.82. The van der Waals surface area contributed by atoms with E-state index in [1.807, 2.05) is 6.07 Å². The Morgan fingerprint density at radius 1 is 1.33 bits per heavy atom. The molecule has 0 bridgehead atoms. The Hall–Kier alpha value is -1.49. The topological polar surface area (TPSA) is 66.8 Å². The first-order valence-corrected chi connectivity index (χ1v) is 7.35. The molecule has 1 aliphatic rings. The molecule has 2 rings (SSSR count). The lowest BCUT2D eigenvalue weighted by Crippen LogP contribution is -2.35. The summed E-state index contributed by atoms with van der Waals surface area (Å²) in [6.45, 7) is 0.422. The Bertz CT molecular complexity index is 550. The summed E-state index contributed by atoms with van der Waals surface area (Å²) in [7, 11) is -3.42. The number of nitrogens with zero attached hydrogens (tertiary/aromatic N) is 2. The van der Waals surface area contributed by atoms with Gasteiger partial charge in [-0.2, -0.15) is 9.30 Å². The number of isocyanates is 1. The van der Waals surface area contributed by atoms with Gasteiger partial charge in [-0.05, 0) is 18.4 Å². The highest BCUT2D eigenvalue weighted by atomic mass is 32.2. The number of sulfonamides is 1. The first-order valence-electron chi connectivity index (χ1n) is 5.74. The molecule has 0 spiro atoms. The van der Waals surface area contributed by atoms with Gasteiger partial charge in [-0.15, -0.1) is 0 Å². The molecule has 1 aromatic carbocycles. The molecule has 0 N–H and O–H groups in total. The van der Waals surface area contributed by atoms with E-state index in [1.165, 1.54) is 10.4 Å². The van der Waals surface area contributed by atoms with Crippen molar-refractivity contribution in [3.8, 4) is 0 Å². The molecule has 1 aliphatic heterocycles. The second kappa shape index (κ2) is 5.44. The minimum atomic E-state index is -3.42. The fourth-order valence-electron chi connectivity index (χ4n) is 2.10. The van der Waals surface area contributed by atoms with Crippen LogP contribution in [0.5, 0.6) is 0 Å². The van der Waals surface area contributed by atoms with Crippen molar-refractivity contribution >= 4 is 16.1 Å². The molecular formula is C12H14N2O3S. The van der Waals surface area contributed by atoms with Gasteiger partial charge in [0.2, 0.25) is 16.1 Å². The van der Waals surface area contributed by atoms with Crippen molar-refractivity contribution in [2.45, 2.75) is 24.8 Å². The second-order valence-corrected chi connectivity index (χ2v) is 6.12. The third-order valence-electron chi connectivity index (χ3n) is 2.92. The summed E-state index contributed by atoms with van der Waals surface area (Å²) in [5.41, 5.74) is 0.734. The fourth-order valence-corrected chi connectivity index (χ4v) is 3.81. The highest BCUT2D eigenvalue weighted by molar-refractivity contribution is 7.88. The van der Waals surface area contributed by atoms with Crippen LogP contribution < -0.4 is 0 Å². The number of rotatable bonds is 4. The summed E-state index contributed by atoms with van der Waals surface area (Å²) >= 11 is 0. The number of carbonyl (C=O) groups excluding carboxylic acids is 1. The quantitative estimate of drug-likeness (QED) is 0.609. The molecule has 1 fully saturated rings. The van der Waals surface area contributed by atoms with Gasteiger partial charge < -0.3 is 0 Å². The van der Waals surface area contributed by atoms with Crippen LogP contribution in [0.15, 0.2) is 35.3 Å². The van der Waals surface area contributed by atoms with Crippen LogP contribution in [0.2, 0.25) is 0 Å². The van der Waals surface area contributed by atoms with Gasteiger partial charge in [0.25, 0.3) is 0 Å². The van der Waals surface area contributed by atoms with Gasteiger partial charge in [0.1, 0.15) is 6.17 Å². The Morgan fingerprint density at radius 2 is 2.06 bits per heavy atom. The Labute approximate surface area is 106 Å². The molecule has 0 aromatic heterocycles. The smallest absolute Gasteiger partial charge is 0.212 e. The standard InChI is InChI=1S/C12H14N2O3S/c15-10-13-12-7-4-8-14(12)18(16,17)9-11-5-2-1-3-6-11/h1-3,5-6,12H,4,7-9H2. The maximum atomic E-state index is 12.2. The number of hydrogen-bond acceptors (Lipinski definition) is 4. The Morgan fingerprint density at radius 3 is 2.72 bits per heavy atom.